The van der Waals surface area contributed by atoms with Crippen molar-refractivity contribution in [2.45, 2.75) is 29.9 Å². The highest BCUT2D eigenvalue weighted by atomic mass is 32.2. The number of hydrogen-bond donors (Lipinski definition) is 1. The topological polar surface area (TPSA) is 75.4 Å². The Bertz CT molecular complexity index is 1010. The molecule has 0 saturated carbocycles. The van der Waals surface area contributed by atoms with Gasteiger partial charge in [0.25, 0.3) is 0 Å². The number of thioether (sulfide) groups is 1. The molecular weight excluding hydrogens is 410 g/mol. The van der Waals surface area contributed by atoms with Crippen LogP contribution < -0.4 is 5.32 Å². The van der Waals surface area contributed by atoms with Gasteiger partial charge in [0.2, 0.25) is 11.8 Å². The Hall–Kier alpha value is -3.06. The van der Waals surface area contributed by atoms with Crippen molar-refractivity contribution in [1.82, 2.24) is 10.1 Å². The lowest BCUT2D eigenvalue weighted by molar-refractivity contribution is -0.134. The normalized spacial score (nSPS) is 15.5. The van der Waals surface area contributed by atoms with Crippen LogP contribution in [0.2, 0.25) is 0 Å². The monoisotopic (exact) mass is 435 g/mol. The fraction of sp³-hybridized carbons (Fsp3) is 0.292. The van der Waals surface area contributed by atoms with E-state index in [1.54, 1.807) is 24.8 Å². The quantitative estimate of drug-likeness (QED) is 0.569. The number of hydrogen-bond acceptors (Lipinski definition) is 5. The second-order valence-electron chi connectivity index (χ2n) is 7.63. The zero-order chi connectivity index (χ0) is 21.6. The van der Waals surface area contributed by atoms with Crippen LogP contribution in [0.15, 0.2) is 76.1 Å². The number of benzene rings is 2. The number of anilines is 1. The van der Waals surface area contributed by atoms with E-state index >= 15 is 0 Å². The van der Waals surface area contributed by atoms with Gasteiger partial charge >= 0.3 is 0 Å². The maximum atomic E-state index is 13.5. The van der Waals surface area contributed by atoms with Crippen LogP contribution in [0.3, 0.4) is 0 Å². The highest BCUT2D eigenvalue weighted by Crippen LogP contribution is 2.37. The van der Waals surface area contributed by atoms with Gasteiger partial charge in [-0.25, -0.2) is 0 Å². The van der Waals surface area contributed by atoms with Crippen molar-refractivity contribution in [3.05, 3.63) is 78.1 Å². The first-order valence-electron chi connectivity index (χ1n) is 10.4. The maximum Gasteiger partial charge on any atom is 0.240 e. The number of nitrogens with zero attached hydrogens (tertiary/aromatic N) is 2. The third-order valence-corrected chi connectivity index (χ3v) is 6.63. The van der Waals surface area contributed by atoms with Gasteiger partial charge in [0.05, 0.1) is 0 Å². The van der Waals surface area contributed by atoms with E-state index in [2.05, 4.69) is 10.5 Å². The van der Waals surface area contributed by atoms with Crippen molar-refractivity contribution in [2.24, 2.45) is 5.92 Å². The van der Waals surface area contributed by atoms with E-state index in [0.717, 1.165) is 10.5 Å². The minimum Gasteiger partial charge on any atom is -0.360 e. The van der Waals surface area contributed by atoms with Crippen molar-refractivity contribution >= 4 is 29.4 Å². The number of carbonyl (C=O) groups is 2. The minimum atomic E-state index is -0.313. The zero-order valence-electron chi connectivity index (χ0n) is 17.4. The number of amides is 2. The molecule has 1 saturated heterocycles. The Morgan fingerprint density at radius 2 is 1.71 bits per heavy atom. The van der Waals surface area contributed by atoms with Gasteiger partial charge in [-0.2, -0.15) is 0 Å². The van der Waals surface area contributed by atoms with Crippen molar-refractivity contribution in [2.75, 3.05) is 18.4 Å². The molecule has 0 spiro atoms. The molecular formula is C24H25N3O3S. The maximum absolute atomic E-state index is 13.5. The van der Waals surface area contributed by atoms with E-state index < -0.39 is 0 Å². The molecule has 1 fully saturated rings. The standard InChI is InChI=1S/C24H25N3O3S/c1-17-16-21(26-30-17)25-23(28)19-12-14-27(15-13-19)24(29)22(18-8-4-2-5-9-18)31-20-10-6-3-7-11-20/h2-11,16,19,22H,12-15H2,1H3,(H,25,26,28). The number of aromatic nitrogens is 1. The van der Waals surface area contributed by atoms with E-state index in [1.165, 1.54) is 0 Å². The molecule has 6 nitrogen and oxygen atoms in total. The van der Waals surface area contributed by atoms with Gasteiger partial charge in [0, 0.05) is 30.0 Å². The summed E-state index contributed by atoms with van der Waals surface area (Å²) in [6.45, 7) is 2.91. The zero-order valence-corrected chi connectivity index (χ0v) is 18.2. The van der Waals surface area contributed by atoms with Crippen LogP contribution in [0.5, 0.6) is 0 Å². The first-order chi connectivity index (χ1) is 15.1. The van der Waals surface area contributed by atoms with Crippen molar-refractivity contribution < 1.29 is 14.1 Å². The van der Waals surface area contributed by atoms with Gasteiger partial charge in [0.1, 0.15) is 11.0 Å². The molecule has 0 radical (unpaired) electrons. The third-order valence-electron chi connectivity index (χ3n) is 5.38. The third kappa shape index (κ3) is 5.35. The Kier molecular flexibility index (Phi) is 6.72. The summed E-state index contributed by atoms with van der Waals surface area (Å²) in [5, 5.41) is 6.31. The predicted octanol–water partition coefficient (Wildman–Crippen LogP) is 4.69. The lowest BCUT2D eigenvalue weighted by Crippen LogP contribution is -2.43. The summed E-state index contributed by atoms with van der Waals surface area (Å²) < 4.78 is 5.00. The van der Waals surface area contributed by atoms with Crippen molar-refractivity contribution in [3.8, 4) is 0 Å². The van der Waals surface area contributed by atoms with E-state index in [0.29, 0.717) is 37.5 Å². The molecule has 2 amide bonds. The predicted molar refractivity (Wildman–Crippen MR) is 121 cm³/mol. The van der Waals surface area contributed by atoms with Gasteiger partial charge in [-0.1, -0.05) is 53.7 Å². The number of nitrogens with one attached hydrogen (secondary N) is 1. The van der Waals surface area contributed by atoms with E-state index in [9.17, 15) is 9.59 Å². The molecule has 0 bridgehead atoms. The molecule has 1 aliphatic rings. The van der Waals surface area contributed by atoms with Crippen molar-refractivity contribution in [1.29, 1.82) is 0 Å². The lowest BCUT2D eigenvalue weighted by atomic mass is 9.95. The Labute approximate surface area is 186 Å². The van der Waals surface area contributed by atoms with Gasteiger partial charge in [-0.05, 0) is 37.5 Å². The summed E-state index contributed by atoms with van der Waals surface area (Å²) >= 11 is 1.57. The molecule has 7 heteroatoms. The van der Waals surface area contributed by atoms with Gasteiger partial charge < -0.3 is 14.7 Å². The van der Waals surface area contributed by atoms with E-state index in [-0.39, 0.29) is 23.0 Å². The van der Waals surface area contributed by atoms with Gasteiger partial charge in [-0.3, -0.25) is 9.59 Å². The first-order valence-corrected chi connectivity index (χ1v) is 11.3. The number of piperidine rings is 1. The smallest absolute Gasteiger partial charge is 0.240 e. The Balaban J connectivity index is 1.40. The summed E-state index contributed by atoms with van der Waals surface area (Å²) in [4.78, 5) is 28.9. The minimum absolute atomic E-state index is 0.0707. The molecule has 3 aromatic rings. The number of rotatable bonds is 6. The average molecular weight is 436 g/mol. The summed E-state index contributed by atoms with van der Waals surface area (Å²) in [5.74, 6) is 0.964. The molecule has 1 aromatic heterocycles. The summed E-state index contributed by atoms with van der Waals surface area (Å²) in [5.41, 5.74) is 0.989. The summed E-state index contributed by atoms with van der Waals surface area (Å²) in [7, 11) is 0. The van der Waals surface area contributed by atoms with Crippen LogP contribution >= 0.6 is 11.8 Å². The SMILES string of the molecule is Cc1cc(NC(=O)C2CCN(C(=O)C(Sc3ccccc3)c3ccccc3)CC2)no1. The second-order valence-corrected chi connectivity index (χ2v) is 8.81. The fourth-order valence-electron chi connectivity index (χ4n) is 3.71. The Morgan fingerprint density at radius 1 is 1.06 bits per heavy atom. The number of aryl methyl sites for hydroxylation is 1. The first kappa shape index (κ1) is 21.2. The molecule has 0 aliphatic carbocycles. The molecule has 4 rings (SSSR count). The lowest BCUT2D eigenvalue weighted by Gasteiger charge is -2.33. The molecule has 2 heterocycles. The molecule has 1 aliphatic heterocycles. The Morgan fingerprint density at radius 3 is 2.32 bits per heavy atom. The largest absolute Gasteiger partial charge is 0.360 e. The molecule has 31 heavy (non-hydrogen) atoms. The molecule has 1 N–H and O–H groups in total. The van der Waals surface area contributed by atoms with Crippen LogP contribution in [0.25, 0.3) is 0 Å². The fourth-order valence-corrected chi connectivity index (χ4v) is 4.84. The molecule has 2 aromatic carbocycles. The second kappa shape index (κ2) is 9.83. The average Bonchev–Trinajstić information content (AvgIpc) is 3.23. The molecule has 1 atom stereocenters. The number of likely N-dealkylation sites (tertiary alicyclic amines) is 1. The summed E-state index contributed by atoms with van der Waals surface area (Å²) in [6, 6.07) is 21.6. The van der Waals surface area contributed by atoms with E-state index in [4.69, 9.17) is 4.52 Å². The van der Waals surface area contributed by atoms with Crippen LogP contribution in [-0.2, 0) is 9.59 Å². The highest BCUT2D eigenvalue weighted by Gasteiger charge is 2.32. The van der Waals surface area contributed by atoms with Crippen LogP contribution in [0.4, 0.5) is 5.82 Å². The van der Waals surface area contributed by atoms with Crippen LogP contribution in [-0.4, -0.2) is 35.0 Å². The number of carbonyl (C=O) groups excluding carboxylic acids is 2. The van der Waals surface area contributed by atoms with Crippen LogP contribution in [0.1, 0.15) is 29.4 Å². The highest BCUT2D eigenvalue weighted by molar-refractivity contribution is 8.00. The summed E-state index contributed by atoms with van der Waals surface area (Å²) in [6.07, 6.45) is 1.26. The van der Waals surface area contributed by atoms with Crippen LogP contribution in [0, 0.1) is 12.8 Å². The van der Waals surface area contributed by atoms with Gasteiger partial charge in [0.15, 0.2) is 5.82 Å². The van der Waals surface area contributed by atoms with E-state index in [1.807, 2.05) is 65.6 Å². The molecule has 160 valence electrons. The van der Waals surface area contributed by atoms with Crippen molar-refractivity contribution in [3.63, 3.8) is 0 Å². The van der Waals surface area contributed by atoms with Gasteiger partial charge in [-0.15, -0.1) is 11.8 Å². The molecule has 1 unspecified atom stereocenters.